The summed E-state index contributed by atoms with van der Waals surface area (Å²) >= 11 is 13.1. The third-order valence-corrected chi connectivity index (χ3v) is 3.77. The van der Waals surface area contributed by atoms with Crippen LogP contribution < -0.4 is 5.32 Å². The van der Waals surface area contributed by atoms with Gasteiger partial charge in [0.15, 0.2) is 0 Å². The van der Waals surface area contributed by atoms with Crippen molar-refractivity contribution >= 4 is 40.9 Å². The molecule has 0 saturated heterocycles. The highest BCUT2D eigenvalue weighted by Gasteiger charge is 2.19. The molecule has 1 amide bonds. The Balaban J connectivity index is 2.62. The number of hydrogen-bond donors (Lipinski definition) is 1. The van der Waals surface area contributed by atoms with Gasteiger partial charge in [0.2, 0.25) is 0 Å². The van der Waals surface area contributed by atoms with Crippen LogP contribution in [0, 0.1) is 0 Å². The minimum atomic E-state index is -0.613. The van der Waals surface area contributed by atoms with E-state index in [0.29, 0.717) is 5.56 Å². The maximum atomic E-state index is 11.8. The van der Waals surface area contributed by atoms with E-state index in [2.05, 4.69) is 5.32 Å². The van der Waals surface area contributed by atoms with E-state index in [1.807, 2.05) is 25.1 Å². The zero-order valence-electron chi connectivity index (χ0n) is 8.82. The van der Waals surface area contributed by atoms with Crippen LogP contribution in [-0.4, -0.2) is 21.9 Å². The van der Waals surface area contributed by atoms with E-state index in [-0.39, 0.29) is 11.3 Å². The predicted molar refractivity (Wildman–Crippen MR) is 71.3 cm³/mol. The molecule has 0 aliphatic heterocycles. The van der Waals surface area contributed by atoms with Crippen molar-refractivity contribution in [2.75, 3.05) is 5.75 Å². The van der Waals surface area contributed by atoms with Gasteiger partial charge in [-0.3, -0.25) is 4.79 Å². The topological polar surface area (TPSA) is 29.1 Å². The van der Waals surface area contributed by atoms with Gasteiger partial charge in [-0.15, -0.1) is 35.0 Å². The predicted octanol–water partition coefficient (Wildman–Crippen LogP) is 3.30. The zero-order chi connectivity index (χ0) is 12.0. The smallest absolute Gasteiger partial charge is 0.252 e. The Kier molecular flexibility index (Phi) is 6.03. The van der Waals surface area contributed by atoms with Gasteiger partial charge in [0, 0.05) is 5.56 Å². The largest absolute Gasteiger partial charge is 0.338 e. The van der Waals surface area contributed by atoms with Crippen molar-refractivity contribution in [3.05, 3.63) is 35.9 Å². The summed E-state index contributed by atoms with van der Waals surface area (Å²) in [4.78, 5) is 11.2. The molecule has 2 nitrogen and oxygen atoms in total. The molecular weight excluding hydrogens is 265 g/mol. The van der Waals surface area contributed by atoms with Crippen LogP contribution in [0.15, 0.2) is 30.3 Å². The quantitative estimate of drug-likeness (QED) is 0.661. The van der Waals surface area contributed by atoms with Crippen LogP contribution >= 0.6 is 35.0 Å². The van der Waals surface area contributed by atoms with Gasteiger partial charge in [-0.25, -0.2) is 0 Å². The lowest BCUT2D eigenvalue weighted by molar-refractivity contribution is 0.0951. The second-order valence-corrected chi connectivity index (χ2v) is 5.63. The molecule has 1 atom stereocenters. The van der Waals surface area contributed by atoms with E-state index < -0.39 is 4.84 Å². The number of benzene rings is 1. The van der Waals surface area contributed by atoms with Crippen molar-refractivity contribution in [1.29, 1.82) is 0 Å². The fourth-order valence-electron chi connectivity index (χ4n) is 1.16. The summed E-state index contributed by atoms with van der Waals surface area (Å²) in [6, 6.07) is 8.99. The molecule has 0 aromatic heterocycles. The second-order valence-electron chi connectivity index (χ2n) is 3.05. The van der Waals surface area contributed by atoms with Crippen LogP contribution in [0.1, 0.15) is 17.3 Å². The van der Waals surface area contributed by atoms with Gasteiger partial charge in [-0.05, 0) is 17.9 Å². The van der Waals surface area contributed by atoms with E-state index in [1.54, 1.807) is 12.1 Å². The molecule has 1 aromatic rings. The second kappa shape index (κ2) is 7.05. The van der Waals surface area contributed by atoms with Gasteiger partial charge in [0.05, 0.1) is 0 Å². The van der Waals surface area contributed by atoms with Gasteiger partial charge in [-0.1, -0.05) is 25.1 Å². The fraction of sp³-hybridized carbons (Fsp3) is 0.364. The highest BCUT2D eigenvalue weighted by molar-refractivity contribution is 8.00. The molecule has 0 heterocycles. The Labute approximate surface area is 110 Å². The normalized spacial score (nSPS) is 12.5. The first-order valence-electron chi connectivity index (χ1n) is 4.90. The van der Waals surface area contributed by atoms with Crippen molar-refractivity contribution in [1.82, 2.24) is 5.32 Å². The summed E-state index contributed by atoms with van der Waals surface area (Å²) in [6.45, 7) is 1.99. The van der Waals surface area contributed by atoms with Crippen molar-refractivity contribution in [2.24, 2.45) is 0 Å². The molecule has 0 spiro atoms. The maximum Gasteiger partial charge on any atom is 0.252 e. The average Bonchev–Trinajstić information content (AvgIpc) is 2.29. The number of nitrogens with one attached hydrogen (secondary N) is 1. The van der Waals surface area contributed by atoms with Gasteiger partial charge in [-0.2, -0.15) is 0 Å². The summed E-state index contributed by atoms with van der Waals surface area (Å²) in [6.07, 6.45) is 0. The van der Waals surface area contributed by atoms with Crippen LogP contribution in [0.3, 0.4) is 0 Å². The number of amides is 1. The molecule has 1 rings (SSSR count). The first kappa shape index (κ1) is 13.7. The molecule has 0 aliphatic rings. The molecule has 0 fully saturated rings. The lowest BCUT2D eigenvalue weighted by Gasteiger charge is -2.18. The lowest BCUT2D eigenvalue weighted by atomic mass is 10.2. The summed E-state index contributed by atoms with van der Waals surface area (Å²) in [5, 5.41) is 2.52. The summed E-state index contributed by atoms with van der Waals surface area (Å²) < 4.78 is 0. The van der Waals surface area contributed by atoms with E-state index in [1.165, 1.54) is 11.8 Å². The van der Waals surface area contributed by atoms with Gasteiger partial charge in [0.25, 0.3) is 5.91 Å². The molecule has 0 bridgehead atoms. The third-order valence-electron chi connectivity index (χ3n) is 1.88. The number of alkyl halides is 2. The van der Waals surface area contributed by atoms with Crippen molar-refractivity contribution < 1.29 is 4.79 Å². The Hall–Kier alpha value is -0.380. The maximum absolute atomic E-state index is 11.8. The van der Waals surface area contributed by atoms with Crippen LogP contribution in [0.5, 0.6) is 0 Å². The standard InChI is InChI=1S/C11H13Cl2NOS/c1-2-16-11(9(12)13)14-10(15)8-6-4-3-5-7-8/h3-7,9,11H,2H2,1H3,(H,14,15)/t11-/m1/s1. The van der Waals surface area contributed by atoms with Gasteiger partial charge < -0.3 is 5.32 Å². The number of halogens is 2. The van der Waals surface area contributed by atoms with Crippen LogP contribution in [0.4, 0.5) is 0 Å². The van der Waals surface area contributed by atoms with Crippen LogP contribution in [-0.2, 0) is 0 Å². The molecule has 0 saturated carbocycles. The monoisotopic (exact) mass is 277 g/mol. The van der Waals surface area contributed by atoms with E-state index in [0.717, 1.165) is 5.75 Å². The lowest BCUT2D eigenvalue weighted by Crippen LogP contribution is -2.36. The van der Waals surface area contributed by atoms with Crippen LogP contribution in [0.2, 0.25) is 0 Å². The Bertz CT molecular complexity index is 332. The molecule has 0 aliphatic carbocycles. The molecule has 0 unspecified atom stereocenters. The zero-order valence-corrected chi connectivity index (χ0v) is 11.1. The highest BCUT2D eigenvalue weighted by atomic mass is 35.5. The molecule has 88 valence electrons. The van der Waals surface area contributed by atoms with Gasteiger partial charge >= 0.3 is 0 Å². The summed E-state index contributed by atoms with van der Waals surface area (Å²) in [5.74, 6) is 0.688. The number of carbonyl (C=O) groups is 1. The number of thioether (sulfide) groups is 1. The SMILES string of the molecule is CCS[C@@H](NC(=O)c1ccccc1)C(Cl)Cl. The van der Waals surface area contributed by atoms with Crippen LogP contribution in [0.25, 0.3) is 0 Å². The summed E-state index contributed by atoms with van der Waals surface area (Å²) in [7, 11) is 0. The molecule has 0 radical (unpaired) electrons. The Morgan fingerprint density at radius 1 is 1.38 bits per heavy atom. The molecule has 1 N–H and O–H groups in total. The molecule has 5 heteroatoms. The third kappa shape index (κ3) is 4.24. The number of rotatable bonds is 5. The summed E-state index contributed by atoms with van der Waals surface area (Å²) in [5.41, 5.74) is 0.609. The molecular formula is C11H13Cl2NOS. The van der Waals surface area contributed by atoms with E-state index >= 15 is 0 Å². The fourth-order valence-corrected chi connectivity index (χ4v) is 2.42. The minimum Gasteiger partial charge on any atom is -0.338 e. The van der Waals surface area contributed by atoms with E-state index in [4.69, 9.17) is 23.2 Å². The van der Waals surface area contributed by atoms with Crippen molar-refractivity contribution in [3.63, 3.8) is 0 Å². The number of hydrogen-bond acceptors (Lipinski definition) is 2. The minimum absolute atomic E-state index is 0.155. The molecule has 1 aromatic carbocycles. The average molecular weight is 278 g/mol. The first-order chi connectivity index (χ1) is 7.65. The van der Waals surface area contributed by atoms with Crippen molar-refractivity contribution in [2.45, 2.75) is 17.1 Å². The first-order valence-corrected chi connectivity index (χ1v) is 6.83. The Morgan fingerprint density at radius 3 is 2.50 bits per heavy atom. The Morgan fingerprint density at radius 2 is 2.00 bits per heavy atom. The number of carbonyl (C=O) groups excluding carboxylic acids is 1. The molecule has 16 heavy (non-hydrogen) atoms. The van der Waals surface area contributed by atoms with Gasteiger partial charge in [0.1, 0.15) is 10.2 Å². The van der Waals surface area contributed by atoms with E-state index in [9.17, 15) is 4.79 Å². The highest BCUT2D eigenvalue weighted by Crippen LogP contribution is 2.19. The van der Waals surface area contributed by atoms with Crippen molar-refractivity contribution in [3.8, 4) is 0 Å².